The van der Waals surface area contributed by atoms with Crippen LogP contribution in [-0.4, -0.2) is 11.2 Å². The van der Waals surface area contributed by atoms with Gasteiger partial charge in [-0.3, -0.25) is 0 Å². The van der Waals surface area contributed by atoms with Crippen LogP contribution in [0.25, 0.3) is 0 Å². The summed E-state index contributed by atoms with van der Waals surface area (Å²) in [5.41, 5.74) is 1.34. The van der Waals surface area contributed by atoms with Crippen LogP contribution in [0.4, 0.5) is 5.69 Å². The minimum absolute atomic E-state index is 0.434. The molecule has 1 heterocycles. The highest BCUT2D eigenvalue weighted by Crippen LogP contribution is 2.10. The first-order valence-electron chi connectivity index (χ1n) is 3.02. The zero-order chi connectivity index (χ0) is 8.10. The fourth-order valence-electron chi connectivity index (χ4n) is 0.673. The molecule has 0 fully saturated rings. The fraction of sp³-hybridized carbons (Fsp3) is 0.143. The second kappa shape index (κ2) is 3.84. The van der Waals surface area contributed by atoms with Crippen molar-refractivity contribution in [3.63, 3.8) is 0 Å². The molecule has 4 heteroatoms. The van der Waals surface area contributed by atoms with Gasteiger partial charge in [-0.25, -0.2) is 4.98 Å². The van der Waals surface area contributed by atoms with Crippen molar-refractivity contribution in [2.24, 2.45) is 0 Å². The summed E-state index contributed by atoms with van der Waals surface area (Å²) in [4.78, 5) is 3.83. The van der Waals surface area contributed by atoms with Gasteiger partial charge in [0.1, 0.15) is 11.8 Å². The van der Waals surface area contributed by atoms with Gasteiger partial charge in [-0.05, 0) is 12.1 Å². The number of nitriles is 1. The number of nitrogens with one attached hydrogen (secondary N) is 1. The molecule has 0 saturated carbocycles. The van der Waals surface area contributed by atoms with Crippen molar-refractivity contribution in [1.29, 1.82) is 5.26 Å². The molecule has 0 amide bonds. The van der Waals surface area contributed by atoms with Gasteiger partial charge in [0.25, 0.3) is 0 Å². The summed E-state index contributed by atoms with van der Waals surface area (Å²) < 4.78 is 3.01. The number of anilines is 1. The molecule has 0 bridgehead atoms. The maximum atomic E-state index is 8.48. The van der Waals surface area contributed by atoms with Crippen LogP contribution in [0.15, 0.2) is 18.3 Å². The highest BCUT2D eigenvalue weighted by molar-refractivity contribution is 7.99. The van der Waals surface area contributed by atoms with Crippen LogP contribution in [0.5, 0.6) is 0 Å². The fourth-order valence-corrected chi connectivity index (χ4v) is 1.04. The molecule has 0 radical (unpaired) electrons. The van der Waals surface area contributed by atoms with Gasteiger partial charge in [-0.1, -0.05) is 11.9 Å². The van der Waals surface area contributed by atoms with E-state index in [9.17, 15) is 0 Å². The molecule has 0 aliphatic heterocycles. The van der Waals surface area contributed by atoms with Crippen LogP contribution in [0.3, 0.4) is 0 Å². The average molecular weight is 165 g/mol. The molecule has 1 N–H and O–H groups in total. The number of hydrogen-bond donors (Lipinski definition) is 1. The Hall–Kier alpha value is -1.21. The Balaban J connectivity index is 2.85. The zero-order valence-electron chi connectivity index (χ0n) is 6.03. The number of hydrogen-bond acceptors (Lipinski definition) is 4. The summed E-state index contributed by atoms with van der Waals surface area (Å²) in [5.74, 6) is 0. The minimum atomic E-state index is 0.434. The molecule has 3 nitrogen and oxygen atoms in total. The lowest BCUT2D eigenvalue weighted by Crippen LogP contribution is -1.87. The lowest BCUT2D eigenvalue weighted by Gasteiger charge is -1.99. The average Bonchev–Trinajstić information content (AvgIpc) is 2.06. The Labute approximate surface area is 69.6 Å². The normalized spacial score (nSPS) is 8.73. The Bertz CT molecular complexity index is 279. The molecule has 0 aliphatic rings. The Morgan fingerprint density at radius 2 is 2.55 bits per heavy atom. The second-order valence-corrected chi connectivity index (χ2v) is 2.46. The predicted octanol–water partition coefficient (Wildman–Crippen LogP) is 1.64. The van der Waals surface area contributed by atoms with E-state index in [-0.39, 0.29) is 0 Å². The minimum Gasteiger partial charge on any atom is -0.330 e. The van der Waals surface area contributed by atoms with Crippen molar-refractivity contribution in [3.8, 4) is 6.07 Å². The zero-order valence-corrected chi connectivity index (χ0v) is 6.85. The molecule has 0 aromatic carbocycles. The van der Waals surface area contributed by atoms with Crippen molar-refractivity contribution in [1.82, 2.24) is 4.98 Å². The van der Waals surface area contributed by atoms with Gasteiger partial charge in [0.15, 0.2) is 0 Å². The lowest BCUT2D eigenvalue weighted by molar-refractivity contribution is 1.27. The quantitative estimate of drug-likeness (QED) is 0.677. The van der Waals surface area contributed by atoms with Crippen LogP contribution in [0.1, 0.15) is 5.69 Å². The van der Waals surface area contributed by atoms with Gasteiger partial charge < -0.3 is 4.72 Å². The van der Waals surface area contributed by atoms with Crippen LogP contribution < -0.4 is 4.72 Å². The molecule has 0 aliphatic carbocycles. The predicted molar refractivity (Wildman–Crippen MR) is 46.1 cm³/mol. The Morgan fingerprint density at radius 1 is 1.73 bits per heavy atom. The van der Waals surface area contributed by atoms with E-state index >= 15 is 0 Å². The molecule has 0 spiro atoms. The topological polar surface area (TPSA) is 48.7 Å². The molecular weight excluding hydrogens is 158 g/mol. The Kier molecular flexibility index (Phi) is 2.75. The first-order valence-corrected chi connectivity index (χ1v) is 4.24. The third-order valence-electron chi connectivity index (χ3n) is 1.09. The summed E-state index contributed by atoms with van der Waals surface area (Å²) in [7, 11) is 0. The van der Waals surface area contributed by atoms with E-state index in [2.05, 4.69) is 9.71 Å². The van der Waals surface area contributed by atoms with Crippen molar-refractivity contribution >= 4 is 17.6 Å². The first-order chi connectivity index (χ1) is 5.36. The van der Waals surface area contributed by atoms with Gasteiger partial charge in [0.05, 0.1) is 0 Å². The standard InChI is InChI=1S/C7H7N3S/c1-11-10-6-2-3-9-7(4-6)5-8/h2-4H,1H3,(H,9,10). The smallest absolute Gasteiger partial charge is 0.142 e. The molecule has 0 atom stereocenters. The molecule has 0 unspecified atom stereocenters. The van der Waals surface area contributed by atoms with Crippen molar-refractivity contribution < 1.29 is 0 Å². The van der Waals surface area contributed by atoms with E-state index in [1.807, 2.05) is 18.4 Å². The summed E-state index contributed by atoms with van der Waals surface area (Å²) in [5, 5.41) is 8.48. The van der Waals surface area contributed by atoms with E-state index in [4.69, 9.17) is 5.26 Å². The van der Waals surface area contributed by atoms with Gasteiger partial charge >= 0.3 is 0 Å². The van der Waals surface area contributed by atoms with E-state index < -0.39 is 0 Å². The summed E-state index contributed by atoms with van der Waals surface area (Å²) in [6, 6.07) is 5.49. The third-order valence-corrected chi connectivity index (χ3v) is 1.53. The maximum Gasteiger partial charge on any atom is 0.142 e. The highest BCUT2D eigenvalue weighted by atomic mass is 32.2. The molecule has 56 valence electrons. The monoisotopic (exact) mass is 165 g/mol. The second-order valence-electron chi connectivity index (χ2n) is 1.85. The summed E-state index contributed by atoms with van der Waals surface area (Å²) >= 11 is 1.49. The van der Waals surface area contributed by atoms with Gasteiger partial charge in [-0.2, -0.15) is 5.26 Å². The van der Waals surface area contributed by atoms with E-state index in [1.165, 1.54) is 11.9 Å². The van der Waals surface area contributed by atoms with Gasteiger partial charge in [0.2, 0.25) is 0 Å². The SMILES string of the molecule is CSNc1ccnc(C#N)c1. The van der Waals surface area contributed by atoms with Crippen LogP contribution in [0.2, 0.25) is 0 Å². The van der Waals surface area contributed by atoms with E-state index in [0.717, 1.165) is 5.69 Å². The van der Waals surface area contributed by atoms with Crippen LogP contribution in [-0.2, 0) is 0 Å². The van der Waals surface area contributed by atoms with E-state index in [0.29, 0.717) is 5.69 Å². The molecule has 0 saturated heterocycles. The summed E-state index contributed by atoms with van der Waals surface area (Å²) in [6.45, 7) is 0. The lowest BCUT2D eigenvalue weighted by atomic mass is 10.3. The molecule has 1 aromatic heterocycles. The van der Waals surface area contributed by atoms with Crippen molar-refractivity contribution in [3.05, 3.63) is 24.0 Å². The number of rotatable bonds is 2. The maximum absolute atomic E-state index is 8.48. The molecular formula is C7H7N3S. The third kappa shape index (κ3) is 2.13. The van der Waals surface area contributed by atoms with Crippen LogP contribution >= 0.6 is 11.9 Å². The largest absolute Gasteiger partial charge is 0.330 e. The first kappa shape index (κ1) is 7.89. The Morgan fingerprint density at radius 3 is 3.18 bits per heavy atom. The number of aromatic nitrogens is 1. The molecule has 11 heavy (non-hydrogen) atoms. The molecule has 1 rings (SSSR count). The molecule has 1 aromatic rings. The van der Waals surface area contributed by atoms with Gasteiger partial charge in [-0.15, -0.1) is 0 Å². The number of nitrogens with zero attached hydrogens (tertiary/aromatic N) is 2. The van der Waals surface area contributed by atoms with Gasteiger partial charge in [0, 0.05) is 18.1 Å². The highest BCUT2D eigenvalue weighted by Gasteiger charge is 1.92. The van der Waals surface area contributed by atoms with Crippen molar-refractivity contribution in [2.75, 3.05) is 11.0 Å². The van der Waals surface area contributed by atoms with E-state index in [1.54, 1.807) is 12.3 Å². The number of pyridine rings is 1. The van der Waals surface area contributed by atoms with Crippen LogP contribution in [0, 0.1) is 11.3 Å². The summed E-state index contributed by atoms with van der Waals surface area (Å²) in [6.07, 6.45) is 3.53. The van der Waals surface area contributed by atoms with Crippen molar-refractivity contribution in [2.45, 2.75) is 0 Å².